The molecule has 0 fully saturated rings. The van der Waals surface area contributed by atoms with Crippen molar-refractivity contribution in [3.8, 4) is 5.75 Å². The Morgan fingerprint density at radius 2 is 1.66 bits per heavy atom. The fourth-order valence-corrected chi connectivity index (χ4v) is 4.02. The molecule has 5 nitrogen and oxygen atoms in total. The van der Waals surface area contributed by atoms with Crippen molar-refractivity contribution in [2.45, 2.75) is 52.2 Å². The van der Waals surface area contributed by atoms with Crippen LogP contribution in [-0.2, 0) is 16.1 Å². The number of halogens is 4. The Morgan fingerprint density at radius 1 is 1.03 bits per heavy atom. The first kappa shape index (κ1) is 26.6. The summed E-state index contributed by atoms with van der Waals surface area (Å²) in [4.78, 5) is 27.7. The summed E-state index contributed by atoms with van der Waals surface area (Å²) in [5.41, 5.74) is 0.0879. The van der Waals surface area contributed by atoms with Crippen LogP contribution in [0.1, 0.15) is 39.7 Å². The van der Waals surface area contributed by atoms with E-state index >= 15 is 0 Å². The van der Waals surface area contributed by atoms with Crippen molar-refractivity contribution in [1.82, 2.24) is 10.2 Å². The van der Waals surface area contributed by atoms with Gasteiger partial charge in [0, 0.05) is 32.7 Å². The Balaban J connectivity index is 2.33. The number of hydrogen-bond donors (Lipinski definition) is 1. The lowest BCUT2D eigenvalue weighted by Crippen LogP contribution is -2.54. The molecule has 0 aliphatic heterocycles. The van der Waals surface area contributed by atoms with Crippen LogP contribution >= 0.6 is 46.4 Å². The fourth-order valence-electron chi connectivity index (χ4n) is 3.04. The normalized spacial score (nSPS) is 12.2. The van der Waals surface area contributed by atoms with E-state index in [-0.39, 0.29) is 24.1 Å². The zero-order valence-electron chi connectivity index (χ0n) is 18.3. The maximum absolute atomic E-state index is 13.3. The van der Waals surface area contributed by atoms with Gasteiger partial charge in [0.2, 0.25) is 5.91 Å². The van der Waals surface area contributed by atoms with Gasteiger partial charge in [0.15, 0.2) is 6.61 Å². The zero-order valence-corrected chi connectivity index (χ0v) is 21.4. The summed E-state index contributed by atoms with van der Waals surface area (Å²) < 4.78 is 5.63. The number of hydrogen-bond acceptors (Lipinski definition) is 3. The number of amides is 2. The zero-order chi connectivity index (χ0) is 24.1. The standard InChI is InChI=1S/C23H26Cl4N2O3/c1-5-19(22(31)28-23(2,3)4)29(12-15-16(25)7-6-8-17(15)26)21(30)13-32-20-10-9-14(24)11-18(20)27/h6-11,19H,5,12-13H2,1-4H3,(H,28,31)/t19-/m0/s1. The highest BCUT2D eigenvalue weighted by molar-refractivity contribution is 6.36. The highest BCUT2D eigenvalue weighted by atomic mass is 35.5. The van der Waals surface area contributed by atoms with Crippen molar-refractivity contribution in [1.29, 1.82) is 0 Å². The largest absolute Gasteiger partial charge is 0.482 e. The predicted molar refractivity (Wildman–Crippen MR) is 131 cm³/mol. The number of nitrogens with one attached hydrogen (secondary N) is 1. The molecule has 32 heavy (non-hydrogen) atoms. The van der Waals surface area contributed by atoms with Gasteiger partial charge < -0.3 is 15.0 Å². The van der Waals surface area contributed by atoms with Crippen LogP contribution in [0.3, 0.4) is 0 Å². The lowest BCUT2D eigenvalue weighted by molar-refractivity contribution is -0.143. The van der Waals surface area contributed by atoms with Gasteiger partial charge in [-0.2, -0.15) is 0 Å². The van der Waals surface area contributed by atoms with E-state index in [1.54, 1.807) is 30.3 Å². The molecule has 0 unspecified atom stereocenters. The lowest BCUT2D eigenvalue weighted by atomic mass is 10.1. The van der Waals surface area contributed by atoms with E-state index in [9.17, 15) is 9.59 Å². The van der Waals surface area contributed by atoms with E-state index in [1.165, 1.54) is 11.0 Å². The number of carbonyl (C=O) groups excluding carboxylic acids is 2. The average Bonchev–Trinajstić information content (AvgIpc) is 2.67. The van der Waals surface area contributed by atoms with Gasteiger partial charge in [-0.25, -0.2) is 0 Å². The van der Waals surface area contributed by atoms with Crippen LogP contribution in [0, 0.1) is 0 Å². The van der Waals surface area contributed by atoms with Crippen LogP contribution in [0.4, 0.5) is 0 Å². The van der Waals surface area contributed by atoms with E-state index in [0.29, 0.717) is 32.8 Å². The SMILES string of the molecule is CC[C@@H](C(=O)NC(C)(C)C)N(Cc1c(Cl)cccc1Cl)C(=O)COc1ccc(Cl)cc1Cl. The minimum absolute atomic E-state index is 0.0467. The highest BCUT2D eigenvalue weighted by Gasteiger charge is 2.31. The highest BCUT2D eigenvalue weighted by Crippen LogP contribution is 2.29. The Morgan fingerprint density at radius 3 is 2.19 bits per heavy atom. The molecule has 1 N–H and O–H groups in total. The van der Waals surface area contributed by atoms with Crippen LogP contribution in [0.5, 0.6) is 5.75 Å². The molecule has 2 aromatic rings. The molecule has 0 aliphatic carbocycles. The lowest BCUT2D eigenvalue weighted by Gasteiger charge is -2.33. The Kier molecular flexibility index (Phi) is 9.53. The summed E-state index contributed by atoms with van der Waals surface area (Å²) in [5.74, 6) is -0.378. The van der Waals surface area contributed by atoms with E-state index in [2.05, 4.69) is 5.32 Å². The number of ether oxygens (including phenoxy) is 1. The summed E-state index contributed by atoms with van der Waals surface area (Å²) >= 11 is 24.7. The maximum Gasteiger partial charge on any atom is 0.261 e. The number of rotatable bonds is 8. The molecular weight excluding hydrogens is 494 g/mol. The first-order chi connectivity index (χ1) is 14.9. The molecule has 9 heteroatoms. The summed E-state index contributed by atoms with van der Waals surface area (Å²) in [5, 5.41) is 4.48. The Labute approximate surface area is 208 Å². The molecule has 0 bridgehead atoms. The number of carbonyl (C=O) groups is 2. The van der Waals surface area contributed by atoms with Crippen molar-refractivity contribution in [2.24, 2.45) is 0 Å². The van der Waals surface area contributed by atoms with Crippen LogP contribution < -0.4 is 10.1 Å². The minimum Gasteiger partial charge on any atom is -0.482 e. The van der Waals surface area contributed by atoms with Crippen LogP contribution in [0.2, 0.25) is 20.1 Å². The third kappa shape index (κ3) is 7.45. The van der Waals surface area contributed by atoms with Gasteiger partial charge in [-0.1, -0.05) is 59.4 Å². The van der Waals surface area contributed by atoms with Crippen molar-refractivity contribution >= 4 is 58.2 Å². The monoisotopic (exact) mass is 518 g/mol. The van der Waals surface area contributed by atoms with Crippen LogP contribution in [-0.4, -0.2) is 34.9 Å². The van der Waals surface area contributed by atoms with Gasteiger partial charge in [0.05, 0.1) is 5.02 Å². The molecule has 2 amide bonds. The van der Waals surface area contributed by atoms with Gasteiger partial charge >= 0.3 is 0 Å². The van der Waals surface area contributed by atoms with Crippen LogP contribution in [0.25, 0.3) is 0 Å². The van der Waals surface area contributed by atoms with Gasteiger partial charge in [0.1, 0.15) is 11.8 Å². The van der Waals surface area contributed by atoms with E-state index in [1.807, 2.05) is 27.7 Å². The topological polar surface area (TPSA) is 58.6 Å². The molecule has 0 saturated carbocycles. The predicted octanol–water partition coefficient (Wildman–Crippen LogP) is 6.40. The molecule has 0 aliphatic rings. The molecule has 0 aromatic heterocycles. The van der Waals surface area contributed by atoms with Gasteiger partial charge in [-0.3, -0.25) is 9.59 Å². The third-order valence-corrected chi connectivity index (χ3v) is 5.76. The molecule has 0 heterocycles. The Hall–Kier alpha value is -1.66. The molecule has 2 aromatic carbocycles. The molecule has 0 spiro atoms. The molecule has 0 saturated heterocycles. The number of nitrogens with zero attached hydrogens (tertiary/aromatic N) is 1. The summed E-state index contributed by atoms with van der Waals surface area (Å²) in [6, 6.07) is 9.05. The molecule has 174 valence electrons. The second-order valence-electron chi connectivity index (χ2n) is 8.25. The molecule has 2 rings (SSSR count). The minimum atomic E-state index is -0.752. The molecule has 1 atom stereocenters. The van der Waals surface area contributed by atoms with E-state index < -0.39 is 17.5 Å². The Bertz CT molecular complexity index is 956. The smallest absolute Gasteiger partial charge is 0.261 e. The van der Waals surface area contributed by atoms with Gasteiger partial charge in [-0.05, 0) is 57.5 Å². The summed E-state index contributed by atoms with van der Waals surface area (Å²) in [6.07, 6.45) is 0.386. The second kappa shape index (κ2) is 11.5. The van der Waals surface area contributed by atoms with Gasteiger partial charge in [-0.15, -0.1) is 0 Å². The van der Waals surface area contributed by atoms with Crippen molar-refractivity contribution in [3.63, 3.8) is 0 Å². The first-order valence-electron chi connectivity index (χ1n) is 10.0. The van der Waals surface area contributed by atoms with E-state index in [0.717, 1.165) is 0 Å². The summed E-state index contributed by atoms with van der Waals surface area (Å²) in [6.45, 7) is 7.17. The fraction of sp³-hybridized carbons (Fsp3) is 0.391. The van der Waals surface area contributed by atoms with Crippen molar-refractivity contribution in [2.75, 3.05) is 6.61 Å². The first-order valence-corrected chi connectivity index (χ1v) is 11.6. The quantitative estimate of drug-likeness (QED) is 0.438. The second-order valence-corrected chi connectivity index (χ2v) is 9.91. The number of benzene rings is 2. The third-order valence-electron chi connectivity index (χ3n) is 4.52. The average molecular weight is 520 g/mol. The molecule has 0 radical (unpaired) electrons. The van der Waals surface area contributed by atoms with Gasteiger partial charge in [0.25, 0.3) is 5.91 Å². The molecular formula is C23H26Cl4N2O3. The van der Waals surface area contributed by atoms with E-state index in [4.69, 9.17) is 51.1 Å². The van der Waals surface area contributed by atoms with Crippen LogP contribution in [0.15, 0.2) is 36.4 Å². The van der Waals surface area contributed by atoms with Crippen molar-refractivity contribution in [3.05, 3.63) is 62.1 Å². The summed E-state index contributed by atoms with van der Waals surface area (Å²) in [7, 11) is 0. The maximum atomic E-state index is 13.3. The van der Waals surface area contributed by atoms with Crippen molar-refractivity contribution < 1.29 is 14.3 Å².